The van der Waals surface area contributed by atoms with Crippen molar-refractivity contribution in [2.24, 2.45) is 11.8 Å². The predicted molar refractivity (Wildman–Crippen MR) is 90.3 cm³/mol. The van der Waals surface area contributed by atoms with E-state index in [2.05, 4.69) is 29.1 Å². The van der Waals surface area contributed by atoms with Gasteiger partial charge in [-0.25, -0.2) is 9.97 Å². The summed E-state index contributed by atoms with van der Waals surface area (Å²) in [5.41, 5.74) is 11.3. The molecule has 7 heteroatoms. The Hall–Kier alpha value is -1.50. The van der Waals surface area contributed by atoms with E-state index < -0.39 is 0 Å². The number of amides is 1. The topological polar surface area (TPSA) is 107 Å². The highest BCUT2D eigenvalue weighted by molar-refractivity contribution is 8.00. The van der Waals surface area contributed by atoms with Gasteiger partial charge in [0.2, 0.25) is 5.91 Å². The number of rotatable bonds is 4. The Kier molecular flexibility index (Phi) is 5.50. The van der Waals surface area contributed by atoms with E-state index in [0.717, 1.165) is 6.42 Å². The largest absolute Gasteiger partial charge is 0.383 e. The quantitative estimate of drug-likeness (QED) is 0.578. The molecule has 122 valence electrons. The molecule has 22 heavy (non-hydrogen) atoms. The second kappa shape index (κ2) is 7.17. The number of nitrogens with one attached hydrogen (secondary N) is 1. The molecule has 1 aliphatic rings. The van der Waals surface area contributed by atoms with Gasteiger partial charge in [-0.1, -0.05) is 38.5 Å². The molecule has 0 unspecified atom stereocenters. The molecule has 0 saturated heterocycles. The van der Waals surface area contributed by atoms with Gasteiger partial charge in [0.1, 0.15) is 11.6 Å². The van der Waals surface area contributed by atoms with Crippen molar-refractivity contribution >= 4 is 29.3 Å². The Balaban J connectivity index is 1.94. The monoisotopic (exact) mass is 323 g/mol. The standard InChI is InChI=1S/C15H25N5OS/c1-8-5-4-6-11(9(8)2)18-14(21)10(3)22-15-19-12(16)7-13(17)20-15/h7-11H,4-6H2,1-3H3,(H,18,21)(H4,16,17,19,20)/t8-,9-,10+,11-/m1/s1. The SMILES string of the molecule is C[C@@H]1[C@H](C)CCC[C@H]1NC(=O)[C@H](C)Sc1nc(N)cc(N)n1. The number of carbonyl (C=O) groups is 1. The molecule has 6 nitrogen and oxygen atoms in total. The summed E-state index contributed by atoms with van der Waals surface area (Å²) in [5, 5.41) is 3.32. The highest BCUT2D eigenvalue weighted by Crippen LogP contribution is 2.30. The van der Waals surface area contributed by atoms with Crippen molar-refractivity contribution in [2.75, 3.05) is 11.5 Å². The molecule has 0 aliphatic heterocycles. The molecule has 1 heterocycles. The molecule has 1 amide bonds. The second-order valence-electron chi connectivity index (χ2n) is 6.14. The Bertz CT molecular complexity index is 518. The van der Waals surface area contributed by atoms with Crippen LogP contribution < -0.4 is 16.8 Å². The minimum atomic E-state index is -0.286. The van der Waals surface area contributed by atoms with Crippen molar-refractivity contribution in [2.45, 2.75) is 56.5 Å². The van der Waals surface area contributed by atoms with E-state index in [1.54, 1.807) is 0 Å². The highest BCUT2D eigenvalue weighted by atomic mass is 32.2. The maximum absolute atomic E-state index is 12.4. The van der Waals surface area contributed by atoms with Crippen LogP contribution in [0.3, 0.4) is 0 Å². The van der Waals surface area contributed by atoms with E-state index in [0.29, 0.717) is 28.6 Å². The van der Waals surface area contributed by atoms with Crippen LogP contribution in [0.1, 0.15) is 40.0 Å². The molecule has 1 aromatic heterocycles. The van der Waals surface area contributed by atoms with Crippen LogP contribution in [0.2, 0.25) is 0 Å². The van der Waals surface area contributed by atoms with Gasteiger partial charge in [0.15, 0.2) is 5.16 Å². The molecule has 1 aromatic rings. The van der Waals surface area contributed by atoms with Crippen LogP contribution in [0.15, 0.2) is 11.2 Å². The number of anilines is 2. The van der Waals surface area contributed by atoms with Crippen LogP contribution in [-0.4, -0.2) is 27.2 Å². The Morgan fingerprint density at radius 3 is 2.59 bits per heavy atom. The summed E-state index contributed by atoms with van der Waals surface area (Å²) in [5.74, 6) is 1.81. The third kappa shape index (κ3) is 4.25. The van der Waals surface area contributed by atoms with Gasteiger partial charge in [-0.3, -0.25) is 4.79 Å². The average molecular weight is 323 g/mol. The first kappa shape index (κ1) is 16.9. The van der Waals surface area contributed by atoms with Crippen molar-refractivity contribution in [1.29, 1.82) is 0 Å². The lowest BCUT2D eigenvalue weighted by Gasteiger charge is -2.35. The van der Waals surface area contributed by atoms with Gasteiger partial charge < -0.3 is 16.8 Å². The summed E-state index contributed by atoms with van der Waals surface area (Å²) in [6.07, 6.45) is 3.47. The number of thioether (sulfide) groups is 1. The smallest absolute Gasteiger partial charge is 0.233 e. The third-order valence-electron chi connectivity index (χ3n) is 4.43. The molecular formula is C15H25N5OS. The van der Waals surface area contributed by atoms with Gasteiger partial charge in [-0.15, -0.1) is 0 Å². The zero-order valence-corrected chi connectivity index (χ0v) is 14.2. The van der Waals surface area contributed by atoms with Gasteiger partial charge in [0, 0.05) is 12.1 Å². The lowest BCUT2D eigenvalue weighted by molar-refractivity contribution is -0.121. The molecular weight excluding hydrogens is 298 g/mol. The van der Waals surface area contributed by atoms with Crippen molar-refractivity contribution in [3.63, 3.8) is 0 Å². The van der Waals surface area contributed by atoms with Crippen molar-refractivity contribution in [1.82, 2.24) is 15.3 Å². The van der Waals surface area contributed by atoms with E-state index in [9.17, 15) is 4.79 Å². The fraction of sp³-hybridized carbons (Fsp3) is 0.667. The molecule has 0 bridgehead atoms. The lowest BCUT2D eigenvalue weighted by Crippen LogP contribution is -2.46. The maximum atomic E-state index is 12.4. The van der Waals surface area contributed by atoms with Crippen LogP contribution in [0.25, 0.3) is 0 Å². The molecule has 5 N–H and O–H groups in total. The lowest BCUT2D eigenvalue weighted by atomic mass is 9.78. The highest BCUT2D eigenvalue weighted by Gasteiger charge is 2.29. The van der Waals surface area contributed by atoms with Crippen LogP contribution in [0.4, 0.5) is 11.6 Å². The third-order valence-corrected chi connectivity index (χ3v) is 5.39. The number of hydrogen-bond donors (Lipinski definition) is 3. The van der Waals surface area contributed by atoms with Crippen LogP contribution in [0.5, 0.6) is 0 Å². The molecule has 1 fully saturated rings. The Morgan fingerprint density at radius 1 is 1.32 bits per heavy atom. The van der Waals surface area contributed by atoms with Crippen LogP contribution in [-0.2, 0) is 4.79 Å². The molecule has 0 radical (unpaired) electrons. The molecule has 0 aromatic carbocycles. The molecule has 1 saturated carbocycles. The average Bonchev–Trinajstić information content (AvgIpc) is 2.42. The van der Waals surface area contributed by atoms with Crippen LogP contribution in [0, 0.1) is 11.8 Å². The number of nitrogens with zero attached hydrogens (tertiary/aromatic N) is 2. The molecule has 1 aliphatic carbocycles. The predicted octanol–water partition coefficient (Wildman–Crippen LogP) is 2.06. The van der Waals surface area contributed by atoms with Gasteiger partial charge >= 0.3 is 0 Å². The number of carbonyl (C=O) groups excluding carboxylic acids is 1. The number of nitrogens with two attached hydrogens (primary N) is 2. The van der Waals surface area contributed by atoms with Gasteiger partial charge in [0.25, 0.3) is 0 Å². The van der Waals surface area contributed by atoms with Gasteiger partial charge in [-0.05, 0) is 25.2 Å². The first-order chi connectivity index (χ1) is 10.4. The molecule has 2 rings (SSSR count). The second-order valence-corrected chi connectivity index (χ2v) is 7.45. The van der Waals surface area contributed by atoms with Gasteiger partial charge in [-0.2, -0.15) is 0 Å². The number of hydrogen-bond acceptors (Lipinski definition) is 6. The normalized spacial score (nSPS) is 26.4. The molecule has 4 atom stereocenters. The summed E-state index contributed by atoms with van der Waals surface area (Å²) < 4.78 is 0. The van der Waals surface area contributed by atoms with E-state index in [-0.39, 0.29) is 17.2 Å². The van der Waals surface area contributed by atoms with Gasteiger partial charge in [0.05, 0.1) is 5.25 Å². The van der Waals surface area contributed by atoms with Crippen molar-refractivity contribution in [3.8, 4) is 0 Å². The summed E-state index contributed by atoms with van der Waals surface area (Å²) in [6, 6.07) is 1.76. The summed E-state index contributed by atoms with van der Waals surface area (Å²) in [4.78, 5) is 20.6. The summed E-state index contributed by atoms with van der Waals surface area (Å²) >= 11 is 1.28. The minimum absolute atomic E-state index is 0.0144. The first-order valence-corrected chi connectivity index (χ1v) is 8.62. The summed E-state index contributed by atoms with van der Waals surface area (Å²) in [6.45, 7) is 6.32. The first-order valence-electron chi connectivity index (χ1n) is 7.74. The van der Waals surface area contributed by atoms with E-state index in [1.165, 1.54) is 30.7 Å². The fourth-order valence-corrected chi connectivity index (χ4v) is 3.62. The minimum Gasteiger partial charge on any atom is -0.383 e. The zero-order valence-electron chi connectivity index (χ0n) is 13.4. The van der Waals surface area contributed by atoms with E-state index >= 15 is 0 Å². The summed E-state index contributed by atoms with van der Waals surface area (Å²) in [7, 11) is 0. The Labute approximate surface area is 135 Å². The van der Waals surface area contributed by atoms with Crippen LogP contribution >= 0.6 is 11.8 Å². The molecule has 0 spiro atoms. The fourth-order valence-electron chi connectivity index (χ4n) is 2.81. The number of nitrogen functional groups attached to an aromatic ring is 2. The van der Waals surface area contributed by atoms with E-state index in [4.69, 9.17) is 11.5 Å². The number of aromatic nitrogens is 2. The maximum Gasteiger partial charge on any atom is 0.233 e. The Morgan fingerprint density at radius 2 is 1.95 bits per heavy atom. The van der Waals surface area contributed by atoms with Crippen molar-refractivity contribution in [3.05, 3.63) is 6.07 Å². The van der Waals surface area contributed by atoms with Crippen molar-refractivity contribution < 1.29 is 4.79 Å². The zero-order chi connectivity index (χ0) is 16.3. The van der Waals surface area contributed by atoms with E-state index in [1.807, 2.05) is 6.92 Å².